The smallest absolute Gasteiger partial charge is 0.0595 e. The lowest BCUT2D eigenvalue weighted by atomic mass is 9.86. The molecule has 0 saturated heterocycles. The molecule has 3 heteroatoms. The number of benzene rings is 1. The molecular weight excluding hydrogens is 253 g/mol. The SMILES string of the molecule is NCC(Cc1ccc(Cl)c(Cl)c1)C1CCCC1. The first kappa shape index (κ1) is 13.2. The molecule has 1 fully saturated rings. The Kier molecular flexibility index (Phi) is 4.72. The van der Waals surface area contributed by atoms with Crippen molar-refractivity contribution >= 4 is 23.2 Å². The van der Waals surface area contributed by atoms with Gasteiger partial charge in [-0.3, -0.25) is 0 Å². The summed E-state index contributed by atoms with van der Waals surface area (Å²) >= 11 is 12.0. The van der Waals surface area contributed by atoms with Gasteiger partial charge in [-0.05, 0) is 42.5 Å². The van der Waals surface area contributed by atoms with Crippen LogP contribution in [-0.2, 0) is 6.42 Å². The van der Waals surface area contributed by atoms with Gasteiger partial charge in [-0.1, -0.05) is 55.0 Å². The molecule has 1 nitrogen and oxygen atoms in total. The average Bonchev–Trinajstić information content (AvgIpc) is 2.84. The topological polar surface area (TPSA) is 26.0 Å². The summed E-state index contributed by atoms with van der Waals surface area (Å²) in [6.07, 6.45) is 6.43. The van der Waals surface area contributed by atoms with Gasteiger partial charge in [0.15, 0.2) is 0 Å². The Morgan fingerprint density at radius 3 is 2.47 bits per heavy atom. The van der Waals surface area contributed by atoms with Crippen LogP contribution in [-0.4, -0.2) is 6.54 Å². The molecular formula is C14H19Cl2N. The Morgan fingerprint density at radius 1 is 1.18 bits per heavy atom. The van der Waals surface area contributed by atoms with Crippen LogP contribution in [0.3, 0.4) is 0 Å². The third-order valence-electron chi connectivity index (χ3n) is 3.85. The maximum atomic E-state index is 6.04. The number of halogens is 2. The molecule has 0 heterocycles. The van der Waals surface area contributed by atoms with E-state index in [1.165, 1.54) is 31.2 Å². The van der Waals surface area contributed by atoms with E-state index in [1.54, 1.807) is 0 Å². The minimum absolute atomic E-state index is 0.592. The van der Waals surface area contributed by atoms with Crippen LogP contribution in [0.25, 0.3) is 0 Å². The molecule has 1 aliphatic carbocycles. The van der Waals surface area contributed by atoms with Gasteiger partial charge in [0.2, 0.25) is 0 Å². The van der Waals surface area contributed by atoms with Gasteiger partial charge < -0.3 is 5.73 Å². The molecule has 0 spiro atoms. The zero-order chi connectivity index (χ0) is 12.3. The van der Waals surface area contributed by atoms with Crippen molar-refractivity contribution in [2.24, 2.45) is 17.6 Å². The van der Waals surface area contributed by atoms with Crippen LogP contribution in [0.4, 0.5) is 0 Å². The fourth-order valence-electron chi connectivity index (χ4n) is 2.84. The number of hydrogen-bond acceptors (Lipinski definition) is 1. The van der Waals surface area contributed by atoms with Gasteiger partial charge in [-0.15, -0.1) is 0 Å². The summed E-state index contributed by atoms with van der Waals surface area (Å²) in [4.78, 5) is 0. The fourth-order valence-corrected chi connectivity index (χ4v) is 3.16. The number of rotatable bonds is 4. The minimum Gasteiger partial charge on any atom is -0.330 e. The maximum Gasteiger partial charge on any atom is 0.0595 e. The second kappa shape index (κ2) is 6.08. The molecule has 1 aromatic carbocycles. The van der Waals surface area contributed by atoms with Crippen LogP contribution < -0.4 is 5.73 Å². The fraction of sp³-hybridized carbons (Fsp3) is 0.571. The van der Waals surface area contributed by atoms with Gasteiger partial charge in [-0.25, -0.2) is 0 Å². The zero-order valence-corrected chi connectivity index (χ0v) is 11.5. The molecule has 0 radical (unpaired) electrons. The summed E-state index contributed by atoms with van der Waals surface area (Å²) in [6.45, 7) is 0.769. The van der Waals surface area contributed by atoms with E-state index in [-0.39, 0.29) is 0 Å². The Bertz CT molecular complexity index is 372. The van der Waals surface area contributed by atoms with E-state index in [2.05, 4.69) is 6.07 Å². The summed E-state index contributed by atoms with van der Waals surface area (Å²) in [5.41, 5.74) is 7.16. The normalized spacial score (nSPS) is 18.5. The Balaban J connectivity index is 2.04. The lowest BCUT2D eigenvalue weighted by Crippen LogP contribution is -2.23. The van der Waals surface area contributed by atoms with E-state index in [1.807, 2.05) is 12.1 Å². The number of hydrogen-bond donors (Lipinski definition) is 1. The summed E-state index contributed by atoms with van der Waals surface area (Å²) in [5.74, 6) is 1.39. The highest BCUT2D eigenvalue weighted by molar-refractivity contribution is 6.42. The van der Waals surface area contributed by atoms with Gasteiger partial charge in [0.1, 0.15) is 0 Å². The quantitative estimate of drug-likeness (QED) is 0.868. The van der Waals surface area contributed by atoms with E-state index in [0.29, 0.717) is 16.0 Å². The van der Waals surface area contributed by atoms with Crippen molar-refractivity contribution in [3.63, 3.8) is 0 Å². The summed E-state index contributed by atoms with van der Waals surface area (Å²) in [7, 11) is 0. The van der Waals surface area contributed by atoms with E-state index in [9.17, 15) is 0 Å². The highest BCUT2D eigenvalue weighted by Gasteiger charge is 2.24. The van der Waals surface area contributed by atoms with E-state index >= 15 is 0 Å². The molecule has 1 aromatic rings. The van der Waals surface area contributed by atoms with Crippen LogP contribution >= 0.6 is 23.2 Å². The standard InChI is InChI=1S/C14H19Cl2N/c15-13-6-5-10(8-14(13)16)7-12(9-17)11-3-1-2-4-11/h5-6,8,11-12H,1-4,7,9,17H2. The van der Waals surface area contributed by atoms with Gasteiger partial charge in [0.25, 0.3) is 0 Å². The summed E-state index contributed by atoms with van der Waals surface area (Å²) in [6, 6.07) is 5.91. The van der Waals surface area contributed by atoms with E-state index < -0.39 is 0 Å². The molecule has 1 aliphatic rings. The molecule has 94 valence electrons. The second-order valence-corrected chi connectivity index (χ2v) is 5.81. The summed E-state index contributed by atoms with van der Waals surface area (Å²) < 4.78 is 0. The molecule has 2 N–H and O–H groups in total. The maximum absolute atomic E-state index is 6.04. The van der Waals surface area contributed by atoms with Crippen LogP contribution in [0.2, 0.25) is 10.0 Å². The van der Waals surface area contributed by atoms with Gasteiger partial charge in [0, 0.05) is 0 Å². The third kappa shape index (κ3) is 3.37. The van der Waals surface area contributed by atoms with Gasteiger partial charge >= 0.3 is 0 Å². The highest BCUT2D eigenvalue weighted by atomic mass is 35.5. The Morgan fingerprint density at radius 2 is 1.88 bits per heavy atom. The Hall–Kier alpha value is -0.240. The first-order valence-corrected chi connectivity index (χ1v) is 7.10. The first-order chi connectivity index (χ1) is 8.20. The highest BCUT2D eigenvalue weighted by Crippen LogP contribution is 2.33. The molecule has 1 unspecified atom stereocenters. The third-order valence-corrected chi connectivity index (χ3v) is 4.59. The molecule has 0 aromatic heterocycles. The van der Waals surface area contributed by atoms with Crippen molar-refractivity contribution in [3.05, 3.63) is 33.8 Å². The molecule has 0 aliphatic heterocycles. The van der Waals surface area contributed by atoms with Crippen molar-refractivity contribution < 1.29 is 0 Å². The van der Waals surface area contributed by atoms with Crippen molar-refractivity contribution in [1.82, 2.24) is 0 Å². The lowest BCUT2D eigenvalue weighted by molar-refractivity contribution is 0.345. The zero-order valence-electron chi connectivity index (χ0n) is 9.96. The van der Waals surface area contributed by atoms with Gasteiger partial charge in [-0.2, -0.15) is 0 Å². The van der Waals surface area contributed by atoms with Crippen molar-refractivity contribution in [3.8, 4) is 0 Å². The monoisotopic (exact) mass is 271 g/mol. The molecule has 2 rings (SSSR count). The predicted molar refractivity (Wildman–Crippen MR) is 74.7 cm³/mol. The predicted octanol–water partition coefficient (Wildman–Crippen LogP) is 4.30. The van der Waals surface area contributed by atoms with Crippen LogP contribution in [0, 0.1) is 11.8 Å². The molecule has 1 atom stereocenters. The molecule has 0 bridgehead atoms. The van der Waals surface area contributed by atoms with Crippen LogP contribution in [0.1, 0.15) is 31.2 Å². The van der Waals surface area contributed by atoms with Crippen molar-refractivity contribution in [2.75, 3.05) is 6.54 Å². The lowest BCUT2D eigenvalue weighted by Gasteiger charge is -2.21. The minimum atomic E-state index is 0.592. The first-order valence-electron chi connectivity index (χ1n) is 6.34. The molecule has 1 saturated carbocycles. The molecule has 0 amide bonds. The second-order valence-electron chi connectivity index (χ2n) is 4.99. The molecule has 17 heavy (non-hydrogen) atoms. The average molecular weight is 272 g/mol. The van der Waals surface area contributed by atoms with E-state index in [4.69, 9.17) is 28.9 Å². The van der Waals surface area contributed by atoms with Crippen LogP contribution in [0.5, 0.6) is 0 Å². The van der Waals surface area contributed by atoms with E-state index in [0.717, 1.165) is 18.9 Å². The van der Waals surface area contributed by atoms with Crippen LogP contribution in [0.15, 0.2) is 18.2 Å². The van der Waals surface area contributed by atoms with Crippen molar-refractivity contribution in [1.29, 1.82) is 0 Å². The summed E-state index contributed by atoms with van der Waals surface area (Å²) in [5, 5.41) is 1.27. The largest absolute Gasteiger partial charge is 0.330 e. The van der Waals surface area contributed by atoms with Crippen molar-refractivity contribution in [2.45, 2.75) is 32.1 Å². The number of nitrogens with two attached hydrogens (primary N) is 1. The van der Waals surface area contributed by atoms with Gasteiger partial charge in [0.05, 0.1) is 10.0 Å². The Labute approximate surface area is 113 Å².